The van der Waals surface area contributed by atoms with Crippen LogP contribution < -0.4 is 20.7 Å². The molecule has 118 valence electrons. The predicted molar refractivity (Wildman–Crippen MR) is 83.3 cm³/mol. The molecule has 0 bridgehead atoms. The fraction of sp³-hybridized carbons (Fsp3) is 0.562. The normalized spacial score (nSPS) is 12.0. The van der Waals surface area contributed by atoms with Crippen molar-refractivity contribution in [1.82, 2.24) is 5.43 Å². The summed E-state index contributed by atoms with van der Waals surface area (Å²) in [5, 5.41) is 0. The molecule has 1 rings (SSSR count). The molecule has 1 amide bonds. The summed E-state index contributed by atoms with van der Waals surface area (Å²) in [7, 11) is 1.64. The van der Waals surface area contributed by atoms with Gasteiger partial charge in [-0.25, -0.2) is 5.84 Å². The number of nitrogens with two attached hydrogens (primary N) is 1. The van der Waals surface area contributed by atoms with Crippen LogP contribution in [0, 0.1) is 5.41 Å². The van der Waals surface area contributed by atoms with E-state index in [0.717, 1.165) is 17.1 Å². The minimum atomic E-state index is -0.705. The number of benzene rings is 1. The maximum Gasteiger partial charge on any atom is 0.242 e. The fourth-order valence-electron chi connectivity index (χ4n) is 1.87. The summed E-state index contributed by atoms with van der Waals surface area (Å²) in [5.74, 6) is 6.47. The summed E-state index contributed by atoms with van der Waals surface area (Å²) < 4.78 is 11.1. The van der Waals surface area contributed by atoms with Gasteiger partial charge in [-0.15, -0.1) is 0 Å². The van der Waals surface area contributed by atoms with Crippen molar-refractivity contribution in [3.05, 3.63) is 23.8 Å². The van der Waals surface area contributed by atoms with E-state index in [4.69, 9.17) is 15.3 Å². The van der Waals surface area contributed by atoms with Crippen LogP contribution in [0.1, 0.15) is 40.2 Å². The summed E-state index contributed by atoms with van der Waals surface area (Å²) in [6.45, 7) is 10.1. The second-order valence-corrected chi connectivity index (χ2v) is 6.76. The topological polar surface area (TPSA) is 73.6 Å². The van der Waals surface area contributed by atoms with Gasteiger partial charge in [-0.1, -0.05) is 20.8 Å². The summed E-state index contributed by atoms with van der Waals surface area (Å²) in [6, 6.07) is 5.68. The van der Waals surface area contributed by atoms with Crippen LogP contribution in [0.4, 0.5) is 0 Å². The zero-order chi connectivity index (χ0) is 16.3. The molecule has 0 radical (unpaired) electrons. The molecule has 0 spiro atoms. The minimum Gasteiger partial charge on any atom is -0.497 e. The van der Waals surface area contributed by atoms with E-state index in [2.05, 4.69) is 26.2 Å². The van der Waals surface area contributed by atoms with Gasteiger partial charge in [0.25, 0.3) is 0 Å². The Kier molecular flexibility index (Phi) is 5.23. The van der Waals surface area contributed by atoms with Crippen molar-refractivity contribution in [3.8, 4) is 11.5 Å². The lowest BCUT2D eigenvalue weighted by molar-refractivity contribution is -0.130. The minimum absolute atomic E-state index is 0.0931. The van der Waals surface area contributed by atoms with E-state index in [1.165, 1.54) is 0 Å². The van der Waals surface area contributed by atoms with Crippen LogP contribution in [0.3, 0.4) is 0 Å². The molecular weight excluding hydrogens is 268 g/mol. The summed E-state index contributed by atoms with van der Waals surface area (Å²) in [4.78, 5) is 11.7. The lowest BCUT2D eigenvalue weighted by atomic mass is 9.86. The van der Waals surface area contributed by atoms with Crippen molar-refractivity contribution in [3.63, 3.8) is 0 Å². The molecule has 5 nitrogen and oxygen atoms in total. The van der Waals surface area contributed by atoms with Gasteiger partial charge in [0.15, 0.2) is 0 Å². The highest BCUT2D eigenvalue weighted by molar-refractivity contribution is 5.81. The Hall–Kier alpha value is -1.75. The lowest BCUT2D eigenvalue weighted by Gasteiger charge is -2.27. The van der Waals surface area contributed by atoms with Gasteiger partial charge in [0.05, 0.1) is 12.5 Å². The number of methoxy groups -OCH3 is 1. The van der Waals surface area contributed by atoms with Crippen molar-refractivity contribution in [2.45, 2.75) is 40.0 Å². The van der Waals surface area contributed by atoms with Gasteiger partial charge in [-0.3, -0.25) is 10.2 Å². The standard InChI is InChI=1S/C16H26N2O3/c1-15(2,3)12-9-11(20-6)7-8-13(12)21-10-16(4,5)14(19)18-17/h7-9H,10,17H2,1-6H3,(H,18,19). The van der Waals surface area contributed by atoms with Crippen molar-refractivity contribution in [2.75, 3.05) is 13.7 Å². The second kappa shape index (κ2) is 6.35. The Morgan fingerprint density at radius 1 is 1.24 bits per heavy atom. The largest absolute Gasteiger partial charge is 0.497 e. The number of hydrogen-bond donors (Lipinski definition) is 2. The molecule has 0 saturated heterocycles. The third kappa shape index (κ3) is 4.36. The highest BCUT2D eigenvalue weighted by Crippen LogP contribution is 2.35. The Bertz CT molecular complexity index is 505. The third-order valence-corrected chi connectivity index (χ3v) is 3.33. The van der Waals surface area contributed by atoms with E-state index in [1.54, 1.807) is 21.0 Å². The van der Waals surface area contributed by atoms with Gasteiger partial charge in [-0.05, 0) is 37.5 Å². The van der Waals surface area contributed by atoms with Gasteiger partial charge >= 0.3 is 0 Å². The third-order valence-electron chi connectivity index (χ3n) is 3.33. The van der Waals surface area contributed by atoms with E-state index >= 15 is 0 Å². The molecule has 0 atom stereocenters. The fourth-order valence-corrected chi connectivity index (χ4v) is 1.87. The summed E-state index contributed by atoms with van der Waals surface area (Å²) in [6.07, 6.45) is 0. The van der Waals surface area contributed by atoms with Gasteiger partial charge in [0.2, 0.25) is 5.91 Å². The molecule has 21 heavy (non-hydrogen) atoms. The van der Waals surface area contributed by atoms with E-state index < -0.39 is 5.41 Å². The molecule has 3 N–H and O–H groups in total. The molecule has 0 aliphatic heterocycles. The van der Waals surface area contributed by atoms with E-state index in [-0.39, 0.29) is 17.9 Å². The average molecular weight is 294 g/mol. The molecule has 5 heteroatoms. The Balaban J connectivity index is 3.01. The first-order chi connectivity index (χ1) is 9.61. The second-order valence-electron chi connectivity index (χ2n) is 6.76. The molecular formula is C16H26N2O3. The molecule has 0 fully saturated rings. The SMILES string of the molecule is COc1ccc(OCC(C)(C)C(=O)NN)c(C(C)(C)C)c1. The van der Waals surface area contributed by atoms with Crippen LogP contribution in [0.25, 0.3) is 0 Å². The van der Waals surface area contributed by atoms with Gasteiger partial charge in [0.1, 0.15) is 18.1 Å². The lowest BCUT2D eigenvalue weighted by Crippen LogP contribution is -2.44. The zero-order valence-corrected chi connectivity index (χ0v) is 13.7. The van der Waals surface area contributed by atoms with Crippen molar-refractivity contribution >= 4 is 5.91 Å². The first-order valence-electron chi connectivity index (χ1n) is 6.94. The van der Waals surface area contributed by atoms with Gasteiger partial charge < -0.3 is 9.47 Å². The molecule has 0 heterocycles. The molecule has 0 unspecified atom stereocenters. The van der Waals surface area contributed by atoms with Crippen LogP contribution in [0.2, 0.25) is 0 Å². The number of carbonyl (C=O) groups excluding carboxylic acids is 1. The number of hydrazine groups is 1. The maximum absolute atomic E-state index is 11.7. The Morgan fingerprint density at radius 3 is 2.33 bits per heavy atom. The van der Waals surface area contributed by atoms with Crippen LogP contribution in [-0.2, 0) is 10.2 Å². The first kappa shape index (κ1) is 17.3. The summed E-state index contributed by atoms with van der Waals surface area (Å²) >= 11 is 0. The van der Waals surface area contributed by atoms with Crippen LogP contribution in [0.5, 0.6) is 11.5 Å². The predicted octanol–water partition coefficient (Wildman–Crippen LogP) is 2.39. The van der Waals surface area contributed by atoms with Crippen molar-refractivity contribution in [1.29, 1.82) is 0 Å². The van der Waals surface area contributed by atoms with Crippen molar-refractivity contribution < 1.29 is 14.3 Å². The monoisotopic (exact) mass is 294 g/mol. The number of hydrogen-bond acceptors (Lipinski definition) is 4. The van der Waals surface area contributed by atoms with Crippen molar-refractivity contribution in [2.24, 2.45) is 11.3 Å². The molecule has 0 aliphatic carbocycles. The number of nitrogens with one attached hydrogen (secondary N) is 1. The molecule has 1 aromatic rings. The molecule has 1 aromatic carbocycles. The Morgan fingerprint density at radius 2 is 1.86 bits per heavy atom. The first-order valence-corrected chi connectivity index (χ1v) is 6.94. The van der Waals surface area contributed by atoms with Crippen LogP contribution in [0.15, 0.2) is 18.2 Å². The molecule has 0 saturated carbocycles. The molecule has 0 aliphatic rings. The number of amides is 1. The number of carbonyl (C=O) groups is 1. The smallest absolute Gasteiger partial charge is 0.242 e. The average Bonchev–Trinajstić information content (AvgIpc) is 2.43. The number of ether oxygens (including phenoxy) is 2. The summed E-state index contributed by atoms with van der Waals surface area (Å²) in [5.41, 5.74) is 2.40. The maximum atomic E-state index is 11.7. The van der Waals surface area contributed by atoms with Crippen LogP contribution >= 0.6 is 0 Å². The molecule has 0 aromatic heterocycles. The van der Waals surface area contributed by atoms with E-state index in [0.29, 0.717) is 0 Å². The highest BCUT2D eigenvalue weighted by Gasteiger charge is 2.29. The van der Waals surface area contributed by atoms with E-state index in [9.17, 15) is 4.79 Å². The van der Waals surface area contributed by atoms with Crippen LogP contribution in [-0.4, -0.2) is 19.6 Å². The van der Waals surface area contributed by atoms with E-state index in [1.807, 2.05) is 18.2 Å². The quantitative estimate of drug-likeness (QED) is 0.497. The van der Waals surface area contributed by atoms with Gasteiger partial charge in [0, 0.05) is 5.56 Å². The number of rotatable bonds is 5. The van der Waals surface area contributed by atoms with Gasteiger partial charge in [-0.2, -0.15) is 0 Å². The highest BCUT2D eigenvalue weighted by atomic mass is 16.5. The zero-order valence-electron chi connectivity index (χ0n) is 13.7. The Labute approximate surface area is 126 Å².